The third kappa shape index (κ3) is 7.24. The van der Waals surface area contributed by atoms with Gasteiger partial charge in [0.1, 0.15) is 37.1 Å². The number of aliphatic hydroxyl groups excluding tert-OH is 3. The van der Waals surface area contributed by atoms with Crippen LogP contribution in [0.2, 0.25) is 0 Å². The molecule has 3 aliphatic heterocycles. The number of aliphatic carboxylic acids is 1. The van der Waals surface area contributed by atoms with Crippen molar-refractivity contribution in [1.82, 2.24) is 0 Å². The molecule has 4 unspecified atom stereocenters. The lowest BCUT2D eigenvalue weighted by atomic mass is 9.77. The van der Waals surface area contributed by atoms with Crippen molar-refractivity contribution >= 4 is 17.9 Å². The highest BCUT2D eigenvalue weighted by molar-refractivity contribution is 5.88. The predicted molar refractivity (Wildman–Crippen MR) is 130 cm³/mol. The van der Waals surface area contributed by atoms with Crippen molar-refractivity contribution in [3.8, 4) is 0 Å². The lowest BCUT2D eigenvalue weighted by Gasteiger charge is -2.45. The average Bonchev–Trinajstić information content (AvgIpc) is 2.87. The van der Waals surface area contributed by atoms with Gasteiger partial charge in [0.05, 0.1) is 29.8 Å². The zero-order valence-corrected chi connectivity index (χ0v) is 22.0. The van der Waals surface area contributed by atoms with Gasteiger partial charge in [-0.05, 0) is 33.6 Å². The van der Waals surface area contributed by atoms with Crippen molar-refractivity contribution in [3.05, 3.63) is 36.1 Å². The van der Waals surface area contributed by atoms with E-state index < -0.39 is 85.1 Å². The molecule has 0 aliphatic carbocycles. The van der Waals surface area contributed by atoms with E-state index >= 15 is 0 Å². The third-order valence-corrected chi connectivity index (χ3v) is 7.18. The summed E-state index contributed by atoms with van der Waals surface area (Å²) in [5, 5.41) is 50.8. The number of aliphatic hydroxyl groups is 4. The van der Waals surface area contributed by atoms with E-state index in [9.17, 15) is 39.9 Å². The summed E-state index contributed by atoms with van der Waals surface area (Å²) in [5.74, 6) is -4.14. The van der Waals surface area contributed by atoms with Crippen LogP contribution in [0.15, 0.2) is 36.1 Å². The molecule has 0 aromatic heterocycles. The summed E-state index contributed by atoms with van der Waals surface area (Å²) in [5.41, 5.74) is -0.973. The minimum atomic E-state index is -1.74. The number of rotatable bonds is 10. The summed E-state index contributed by atoms with van der Waals surface area (Å²) in [4.78, 5) is 36.0. The molecular formula is C26H36O13. The van der Waals surface area contributed by atoms with Crippen LogP contribution in [0.1, 0.15) is 40.0 Å². The summed E-state index contributed by atoms with van der Waals surface area (Å²) in [6, 6.07) is 0. The van der Waals surface area contributed by atoms with Crippen molar-refractivity contribution in [2.24, 2.45) is 11.8 Å². The molecule has 0 spiro atoms. The number of allylic oxidation sites excluding steroid dienone is 1. The largest absolute Gasteiger partial charge is 0.478 e. The summed E-state index contributed by atoms with van der Waals surface area (Å²) in [6.07, 6.45) is -5.58. The summed E-state index contributed by atoms with van der Waals surface area (Å²) in [7, 11) is 0. The molecule has 0 amide bonds. The van der Waals surface area contributed by atoms with Crippen molar-refractivity contribution in [3.63, 3.8) is 0 Å². The molecule has 218 valence electrons. The van der Waals surface area contributed by atoms with Gasteiger partial charge in [-0.15, -0.1) is 6.58 Å². The molecular weight excluding hydrogens is 520 g/mol. The molecule has 2 fully saturated rings. The molecule has 3 aliphatic rings. The van der Waals surface area contributed by atoms with Crippen LogP contribution in [-0.4, -0.2) is 98.7 Å². The second-order valence-corrected chi connectivity index (χ2v) is 10.2. The number of carbonyl (C=O) groups is 3. The summed E-state index contributed by atoms with van der Waals surface area (Å²) < 4.78 is 27.3. The molecule has 0 aromatic rings. The lowest BCUT2D eigenvalue weighted by molar-refractivity contribution is -0.346. The molecule has 3 rings (SSSR count). The Labute approximate surface area is 225 Å². The Morgan fingerprint density at radius 1 is 1.21 bits per heavy atom. The Balaban J connectivity index is 1.66. The van der Waals surface area contributed by atoms with Crippen LogP contribution in [-0.2, 0) is 38.1 Å². The summed E-state index contributed by atoms with van der Waals surface area (Å²) in [6.45, 7) is 7.70. The highest BCUT2D eigenvalue weighted by Crippen LogP contribution is 2.41. The maximum Gasteiger partial charge on any atom is 0.335 e. The van der Waals surface area contributed by atoms with Crippen molar-refractivity contribution < 1.29 is 63.6 Å². The van der Waals surface area contributed by atoms with Gasteiger partial charge in [0.15, 0.2) is 6.29 Å². The lowest BCUT2D eigenvalue weighted by Crippen LogP contribution is -2.61. The zero-order valence-electron chi connectivity index (χ0n) is 22.0. The standard InChI is InChI=1S/C26H36O13/c1-5-26(4,34)8-6-7-12(2)23(33)35-11-16-19(28)20(29)21(30)25(38-16)39-24-18-13(3)37-17(27)9-14(18)15(10-36-24)22(31)32/h5,7,10,13-14,16,18-21,24-25,28-30,34H,1,6,8-9,11H2,2-4H3,(H,31,32)/b12-7+/t13-,14?,16-,18?,19-,20+,21-,24+,25?,26?/m1/s1. The number of hydrogen-bond acceptors (Lipinski definition) is 12. The number of carboxylic acids is 1. The number of carboxylic acid groups (broad SMARTS) is 1. The van der Waals surface area contributed by atoms with Crippen molar-refractivity contribution in [2.75, 3.05) is 6.61 Å². The Morgan fingerprint density at radius 2 is 1.90 bits per heavy atom. The number of cyclic esters (lactones) is 1. The van der Waals surface area contributed by atoms with Gasteiger partial charge in [-0.2, -0.15) is 0 Å². The maximum absolute atomic E-state index is 12.4. The Kier molecular flexibility index (Phi) is 9.91. The van der Waals surface area contributed by atoms with E-state index in [2.05, 4.69) is 6.58 Å². The molecule has 39 heavy (non-hydrogen) atoms. The first-order chi connectivity index (χ1) is 18.3. The fraction of sp³-hybridized carbons (Fsp3) is 0.654. The van der Waals surface area contributed by atoms with Gasteiger partial charge in [0.2, 0.25) is 6.29 Å². The van der Waals surface area contributed by atoms with Crippen LogP contribution in [0.5, 0.6) is 0 Å². The van der Waals surface area contributed by atoms with Crippen LogP contribution < -0.4 is 0 Å². The van der Waals surface area contributed by atoms with Gasteiger partial charge in [-0.3, -0.25) is 4.79 Å². The first-order valence-corrected chi connectivity index (χ1v) is 12.6. The molecule has 0 bridgehead atoms. The fourth-order valence-corrected chi connectivity index (χ4v) is 4.69. The van der Waals surface area contributed by atoms with Crippen LogP contribution in [0.4, 0.5) is 0 Å². The molecule has 0 radical (unpaired) electrons. The minimum Gasteiger partial charge on any atom is -0.478 e. The van der Waals surface area contributed by atoms with Gasteiger partial charge in [0.25, 0.3) is 0 Å². The number of carbonyl (C=O) groups excluding carboxylic acids is 2. The molecule has 3 heterocycles. The van der Waals surface area contributed by atoms with Gasteiger partial charge in [-0.25, -0.2) is 9.59 Å². The monoisotopic (exact) mass is 556 g/mol. The smallest absolute Gasteiger partial charge is 0.335 e. The van der Waals surface area contributed by atoms with E-state index in [4.69, 9.17) is 23.7 Å². The SMILES string of the molecule is C=CC(C)(O)CC/C=C(\C)C(=O)OC[C@H]1OC(O[C@@H]2OC=C(C(=O)O)C3CC(=O)O[C@H](C)C32)[C@H](O)[C@@H](O)[C@@H]1O. The van der Waals surface area contributed by atoms with Gasteiger partial charge in [-0.1, -0.05) is 12.2 Å². The third-order valence-electron chi connectivity index (χ3n) is 7.18. The zero-order chi connectivity index (χ0) is 29.1. The van der Waals surface area contributed by atoms with Gasteiger partial charge < -0.3 is 49.2 Å². The molecule has 2 saturated heterocycles. The minimum absolute atomic E-state index is 0.134. The van der Waals surface area contributed by atoms with Crippen LogP contribution in [0, 0.1) is 11.8 Å². The van der Waals surface area contributed by atoms with E-state index in [1.807, 2.05) is 0 Å². The molecule has 0 aromatic carbocycles. The highest BCUT2D eigenvalue weighted by atomic mass is 16.8. The van der Waals surface area contributed by atoms with Crippen molar-refractivity contribution in [1.29, 1.82) is 0 Å². The van der Waals surface area contributed by atoms with E-state index in [-0.39, 0.29) is 17.6 Å². The second kappa shape index (κ2) is 12.6. The fourth-order valence-electron chi connectivity index (χ4n) is 4.69. The molecule has 0 saturated carbocycles. The predicted octanol–water partition coefficient (Wildman–Crippen LogP) is -0.0901. The Hall–Kier alpha value is -2.81. The molecule has 5 N–H and O–H groups in total. The number of esters is 2. The van der Waals surface area contributed by atoms with Gasteiger partial charge >= 0.3 is 17.9 Å². The molecule has 13 heteroatoms. The Morgan fingerprint density at radius 3 is 2.54 bits per heavy atom. The molecule has 13 nitrogen and oxygen atoms in total. The number of hydrogen-bond donors (Lipinski definition) is 5. The average molecular weight is 557 g/mol. The van der Waals surface area contributed by atoms with E-state index in [1.165, 1.54) is 13.0 Å². The summed E-state index contributed by atoms with van der Waals surface area (Å²) >= 11 is 0. The van der Waals surface area contributed by atoms with E-state index in [0.717, 1.165) is 6.26 Å². The number of ether oxygens (including phenoxy) is 5. The van der Waals surface area contributed by atoms with E-state index in [1.54, 1.807) is 19.9 Å². The Bertz CT molecular complexity index is 1000. The van der Waals surface area contributed by atoms with Crippen LogP contribution >= 0.6 is 0 Å². The number of fused-ring (bicyclic) bond motifs is 1. The second-order valence-electron chi connectivity index (χ2n) is 10.2. The highest BCUT2D eigenvalue weighted by Gasteiger charge is 2.52. The van der Waals surface area contributed by atoms with Gasteiger partial charge in [0, 0.05) is 11.5 Å². The van der Waals surface area contributed by atoms with Crippen molar-refractivity contribution in [2.45, 2.75) is 88.7 Å². The first-order valence-electron chi connectivity index (χ1n) is 12.6. The van der Waals surface area contributed by atoms with Crippen LogP contribution in [0.3, 0.4) is 0 Å². The van der Waals surface area contributed by atoms with E-state index in [0.29, 0.717) is 12.8 Å². The topological polar surface area (TPSA) is 199 Å². The quantitative estimate of drug-likeness (QED) is 0.136. The normalized spacial score (nSPS) is 36.4. The van der Waals surface area contributed by atoms with Crippen LogP contribution in [0.25, 0.3) is 0 Å². The molecule has 10 atom stereocenters. The maximum atomic E-state index is 12.4. The first kappa shape index (κ1) is 30.7.